The standard InChI is InChI=1S/C20H23FN2O3/c1-14(16-6-8-17(21)9-7-16)10-19(24)22-12-15-4-3-5-18(11-15)23-20(25)13-26-2/h3-9,11,14H,10,12-13H2,1-2H3,(H,22,24)(H,23,25). The quantitative estimate of drug-likeness (QED) is 0.761. The van der Waals surface area contributed by atoms with Crippen molar-refractivity contribution in [3.8, 4) is 0 Å². The molecule has 6 heteroatoms. The molecule has 2 aromatic rings. The third-order valence-corrected chi connectivity index (χ3v) is 3.91. The molecule has 0 saturated heterocycles. The molecule has 0 aromatic heterocycles. The van der Waals surface area contributed by atoms with Gasteiger partial charge in [0.05, 0.1) is 0 Å². The zero-order valence-electron chi connectivity index (χ0n) is 14.9. The molecule has 2 rings (SSSR count). The molecule has 138 valence electrons. The van der Waals surface area contributed by atoms with Gasteiger partial charge in [0, 0.05) is 25.8 Å². The number of carbonyl (C=O) groups excluding carboxylic acids is 2. The predicted molar refractivity (Wildman–Crippen MR) is 98.2 cm³/mol. The zero-order chi connectivity index (χ0) is 18.9. The van der Waals surface area contributed by atoms with E-state index in [-0.39, 0.29) is 30.2 Å². The third kappa shape index (κ3) is 6.29. The lowest BCUT2D eigenvalue weighted by Gasteiger charge is -2.13. The van der Waals surface area contributed by atoms with Crippen molar-refractivity contribution in [1.82, 2.24) is 5.32 Å². The molecule has 1 atom stereocenters. The smallest absolute Gasteiger partial charge is 0.250 e. The average molecular weight is 358 g/mol. The Labute approximate surface area is 152 Å². The fourth-order valence-electron chi connectivity index (χ4n) is 2.55. The van der Waals surface area contributed by atoms with Crippen LogP contribution in [0.4, 0.5) is 10.1 Å². The first kappa shape index (κ1) is 19.6. The Balaban J connectivity index is 1.85. The van der Waals surface area contributed by atoms with Gasteiger partial charge in [-0.25, -0.2) is 4.39 Å². The zero-order valence-corrected chi connectivity index (χ0v) is 14.9. The van der Waals surface area contributed by atoms with Crippen LogP contribution in [-0.4, -0.2) is 25.5 Å². The second-order valence-corrected chi connectivity index (χ2v) is 6.12. The van der Waals surface area contributed by atoms with Gasteiger partial charge in [-0.3, -0.25) is 9.59 Å². The molecule has 1 unspecified atom stereocenters. The highest BCUT2D eigenvalue weighted by atomic mass is 19.1. The average Bonchev–Trinajstić information content (AvgIpc) is 2.61. The number of amides is 2. The van der Waals surface area contributed by atoms with Gasteiger partial charge in [-0.15, -0.1) is 0 Å². The third-order valence-electron chi connectivity index (χ3n) is 3.91. The first-order chi connectivity index (χ1) is 12.5. The fraction of sp³-hybridized carbons (Fsp3) is 0.300. The number of anilines is 1. The van der Waals surface area contributed by atoms with Crippen molar-refractivity contribution in [2.24, 2.45) is 0 Å². The molecule has 0 aliphatic rings. The largest absolute Gasteiger partial charge is 0.375 e. The molecule has 0 aliphatic carbocycles. The van der Waals surface area contributed by atoms with Crippen LogP contribution in [0.5, 0.6) is 0 Å². The number of hydrogen-bond donors (Lipinski definition) is 2. The molecule has 2 N–H and O–H groups in total. The molecule has 0 saturated carbocycles. The fourth-order valence-corrected chi connectivity index (χ4v) is 2.55. The monoisotopic (exact) mass is 358 g/mol. The van der Waals surface area contributed by atoms with Crippen LogP contribution in [0.25, 0.3) is 0 Å². The molecule has 0 spiro atoms. The minimum Gasteiger partial charge on any atom is -0.375 e. The molecule has 2 amide bonds. The molecular formula is C20H23FN2O3. The van der Waals surface area contributed by atoms with Crippen molar-refractivity contribution in [1.29, 1.82) is 0 Å². The summed E-state index contributed by atoms with van der Waals surface area (Å²) in [7, 11) is 1.46. The van der Waals surface area contributed by atoms with Gasteiger partial charge in [-0.2, -0.15) is 0 Å². The van der Waals surface area contributed by atoms with Crippen molar-refractivity contribution in [3.63, 3.8) is 0 Å². The van der Waals surface area contributed by atoms with Gasteiger partial charge < -0.3 is 15.4 Å². The van der Waals surface area contributed by atoms with Crippen molar-refractivity contribution >= 4 is 17.5 Å². The van der Waals surface area contributed by atoms with E-state index in [0.29, 0.717) is 18.7 Å². The Morgan fingerprint density at radius 3 is 2.54 bits per heavy atom. The molecule has 5 nitrogen and oxygen atoms in total. The van der Waals surface area contributed by atoms with Crippen LogP contribution in [0.2, 0.25) is 0 Å². The van der Waals surface area contributed by atoms with Crippen LogP contribution in [0.15, 0.2) is 48.5 Å². The summed E-state index contributed by atoms with van der Waals surface area (Å²) in [6.07, 6.45) is 0.315. The van der Waals surface area contributed by atoms with Crippen LogP contribution >= 0.6 is 0 Å². The van der Waals surface area contributed by atoms with E-state index in [2.05, 4.69) is 10.6 Å². The number of carbonyl (C=O) groups is 2. The minimum atomic E-state index is -0.289. The number of rotatable bonds is 8. The van der Waals surface area contributed by atoms with Crippen LogP contribution in [-0.2, 0) is 20.9 Å². The van der Waals surface area contributed by atoms with Gasteiger partial charge in [0.25, 0.3) is 0 Å². The van der Waals surface area contributed by atoms with Crippen LogP contribution in [0.1, 0.15) is 30.4 Å². The van der Waals surface area contributed by atoms with E-state index in [9.17, 15) is 14.0 Å². The van der Waals surface area contributed by atoms with Crippen molar-refractivity contribution in [2.45, 2.75) is 25.8 Å². The number of methoxy groups -OCH3 is 1. The molecule has 0 aliphatic heterocycles. The minimum absolute atomic E-state index is 0.00438. The van der Waals surface area contributed by atoms with Crippen LogP contribution in [0, 0.1) is 5.82 Å². The maximum atomic E-state index is 13.0. The SMILES string of the molecule is COCC(=O)Nc1cccc(CNC(=O)CC(C)c2ccc(F)cc2)c1. The summed E-state index contributed by atoms with van der Waals surface area (Å²) < 4.78 is 17.7. The van der Waals surface area contributed by atoms with E-state index in [4.69, 9.17) is 4.74 Å². The summed E-state index contributed by atoms with van der Waals surface area (Å²) in [6, 6.07) is 13.4. The number of hydrogen-bond acceptors (Lipinski definition) is 3. The molecule has 0 bridgehead atoms. The number of halogens is 1. The van der Waals surface area contributed by atoms with Gasteiger partial charge in [0.2, 0.25) is 11.8 Å². The van der Waals surface area contributed by atoms with Gasteiger partial charge in [0.1, 0.15) is 12.4 Å². The second kappa shape index (κ2) is 9.68. The number of nitrogens with one attached hydrogen (secondary N) is 2. The van der Waals surface area contributed by atoms with Gasteiger partial charge in [-0.05, 0) is 41.3 Å². The van der Waals surface area contributed by atoms with Crippen LogP contribution < -0.4 is 10.6 Å². The molecular weight excluding hydrogens is 335 g/mol. The Kier molecular flexibility index (Phi) is 7.29. The first-order valence-electron chi connectivity index (χ1n) is 8.38. The summed E-state index contributed by atoms with van der Waals surface area (Å²) in [5.41, 5.74) is 2.45. The van der Waals surface area contributed by atoms with E-state index in [0.717, 1.165) is 11.1 Å². The van der Waals surface area contributed by atoms with Gasteiger partial charge >= 0.3 is 0 Å². The van der Waals surface area contributed by atoms with Crippen molar-refractivity contribution < 1.29 is 18.7 Å². The Morgan fingerprint density at radius 1 is 1.12 bits per heavy atom. The maximum Gasteiger partial charge on any atom is 0.250 e. The predicted octanol–water partition coefficient (Wildman–Crippen LogP) is 3.22. The summed E-state index contributed by atoms with van der Waals surface area (Å²) in [6.45, 7) is 2.28. The molecule has 0 fully saturated rings. The van der Waals surface area contributed by atoms with E-state index >= 15 is 0 Å². The van der Waals surface area contributed by atoms with E-state index in [1.807, 2.05) is 19.1 Å². The summed E-state index contributed by atoms with van der Waals surface area (Å²) >= 11 is 0. The Hall–Kier alpha value is -2.73. The van der Waals surface area contributed by atoms with E-state index in [1.54, 1.807) is 24.3 Å². The van der Waals surface area contributed by atoms with Crippen molar-refractivity contribution in [2.75, 3.05) is 19.0 Å². The van der Waals surface area contributed by atoms with Crippen molar-refractivity contribution in [3.05, 3.63) is 65.5 Å². The molecule has 0 radical (unpaired) electrons. The highest BCUT2D eigenvalue weighted by Gasteiger charge is 2.11. The van der Waals surface area contributed by atoms with Gasteiger partial charge in [0.15, 0.2) is 0 Å². The highest BCUT2D eigenvalue weighted by Crippen LogP contribution is 2.19. The molecule has 2 aromatic carbocycles. The molecule has 0 heterocycles. The topological polar surface area (TPSA) is 67.4 Å². The lowest BCUT2D eigenvalue weighted by molar-refractivity contribution is -0.121. The normalized spacial score (nSPS) is 11.7. The Morgan fingerprint density at radius 2 is 1.85 bits per heavy atom. The lowest BCUT2D eigenvalue weighted by atomic mass is 9.97. The number of benzene rings is 2. The summed E-state index contributed by atoms with van der Waals surface area (Å²) in [5, 5.41) is 5.59. The highest BCUT2D eigenvalue weighted by molar-refractivity contribution is 5.91. The summed E-state index contributed by atoms with van der Waals surface area (Å²) in [4.78, 5) is 23.7. The van der Waals surface area contributed by atoms with Crippen LogP contribution in [0.3, 0.4) is 0 Å². The summed E-state index contributed by atoms with van der Waals surface area (Å²) in [5.74, 6) is -0.615. The first-order valence-corrected chi connectivity index (χ1v) is 8.38. The lowest BCUT2D eigenvalue weighted by Crippen LogP contribution is -2.24. The maximum absolute atomic E-state index is 13.0. The molecule has 26 heavy (non-hydrogen) atoms. The Bertz CT molecular complexity index is 747. The number of ether oxygens (including phenoxy) is 1. The second-order valence-electron chi connectivity index (χ2n) is 6.12. The van der Waals surface area contributed by atoms with E-state index in [1.165, 1.54) is 19.2 Å². The van der Waals surface area contributed by atoms with E-state index < -0.39 is 0 Å². The van der Waals surface area contributed by atoms with Gasteiger partial charge in [-0.1, -0.05) is 31.2 Å².